The molecule has 122 valence electrons. The number of carbonyl (C=O) groups is 1. The number of benzene rings is 1. The SMILES string of the molecule is Cc1ccsc1-c1cccc(NC(=O)N2CCCC(CO)C2)c1. The highest BCUT2D eigenvalue weighted by atomic mass is 32.1. The van der Waals surface area contributed by atoms with Gasteiger partial charge in [-0.3, -0.25) is 0 Å². The van der Waals surface area contributed by atoms with E-state index < -0.39 is 0 Å². The molecule has 0 radical (unpaired) electrons. The highest BCUT2D eigenvalue weighted by molar-refractivity contribution is 7.13. The highest BCUT2D eigenvalue weighted by Crippen LogP contribution is 2.30. The van der Waals surface area contributed by atoms with Crippen LogP contribution >= 0.6 is 11.3 Å². The summed E-state index contributed by atoms with van der Waals surface area (Å²) in [5.41, 5.74) is 3.19. The van der Waals surface area contributed by atoms with E-state index >= 15 is 0 Å². The third-order valence-electron chi connectivity index (χ3n) is 4.30. The minimum atomic E-state index is -0.0804. The van der Waals surface area contributed by atoms with Crippen LogP contribution in [0.1, 0.15) is 18.4 Å². The number of anilines is 1. The number of nitrogens with zero attached hydrogens (tertiary/aromatic N) is 1. The summed E-state index contributed by atoms with van der Waals surface area (Å²) in [7, 11) is 0. The normalized spacial score (nSPS) is 18.0. The van der Waals surface area contributed by atoms with E-state index in [9.17, 15) is 9.90 Å². The third kappa shape index (κ3) is 3.74. The summed E-state index contributed by atoms with van der Waals surface area (Å²) in [6, 6.07) is 9.99. The standard InChI is InChI=1S/C18H22N2O2S/c1-13-7-9-23-17(13)15-5-2-6-16(10-15)19-18(22)20-8-3-4-14(11-20)12-21/h2,5-7,9-10,14,21H,3-4,8,11-12H2,1H3,(H,19,22). The molecule has 0 spiro atoms. The lowest BCUT2D eigenvalue weighted by molar-refractivity contribution is 0.136. The van der Waals surface area contributed by atoms with E-state index in [0.717, 1.165) is 30.6 Å². The topological polar surface area (TPSA) is 52.6 Å². The van der Waals surface area contributed by atoms with Crippen LogP contribution in [0.4, 0.5) is 10.5 Å². The molecule has 1 atom stereocenters. The Kier molecular flexibility index (Phi) is 4.98. The number of likely N-dealkylation sites (tertiary alicyclic amines) is 1. The van der Waals surface area contributed by atoms with Crippen LogP contribution in [0.25, 0.3) is 10.4 Å². The molecule has 1 unspecified atom stereocenters. The van der Waals surface area contributed by atoms with E-state index in [-0.39, 0.29) is 18.6 Å². The first-order valence-electron chi connectivity index (χ1n) is 7.98. The molecule has 1 aliphatic heterocycles. The number of nitrogens with one attached hydrogen (secondary N) is 1. The second kappa shape index (κ2) is 7.15. The second-order valence-corrected chi connectivity index (χ2v) is 7.00. The fourth-order valence-electron chi connectivity index (χ4n) is 3.01. The van der Waals surface area contributed by atoms with Gasteiger partial charge in [-0.05, 0) is 60.4 Å². The lowest BCUT2D eigenvalue weighted by atomic mass is 9.99. The maximum absolute atomic E-state index is 12.4. The molecule has 0 aliphatic carbocycles. The van der Waals surface area contributed by atoms with Crippen LogP contribution in [0.5, 0.6) is 0 Å². The lowest BCUT2D eigenvalue weighted by Gasteiger charge is -2.31. The molecule has 2 amide bonds. The van der Waals surface area contributed by atoms with Gasteiger partial charge in [0.2, 0.25) is 0 Å². The maximum atomic E-state index is 12.4. The number of hydrogen-bond acceptors (Lipinski definition) is 3. The largest absolute Gasteiger partial charge is 0.396 e. The molecule has 1 fully saturated rings. The van der Waals surface area contributed by atoms with Gasteiger partial charge >= 0.3 is 6.03 Å². The molecule has 23 heavy (non-hydrogen) atoms. The molecular formula is C18H22N2O2S. The first-order chi connectivity index (χ1) is 11.2. The van der Waals surface area contributed by atoms with Crippen molar-refractivity contribution in [2.24, 2.45) is 5.92 Å². The van der Waals surface area contributed by atoms with E-state index in [2.05, 4.69) is 29.8 Å². The zero-order valence-electron chi connectivity index (χ0n) is 13.3. The summed E-state index contributed by atoms with van der Waals surface area (Å²) in [5, 5.41) is 14.4. The number of aliphatic hydroxyl groups is 1. The van der Waals surface area contributed by atoms with Crippen LogP contribution < -0.4 is 5.32 Å². The van der Waals surface area contributed by atoms with Gasteiger partial charge in [0.1, 0.15) is 0 Å². The summed E-state index contributed by atoms with van der Waals surface area (Å²) in [6.45, 7) is 3.63. The monoisotopic (exact) mass is 330 g/mol. The highest BCUT2D eigenvalue weighted by Gasteiger charge is 2.23. The van der Waals surface area contributed by atoms with Gasteiger partial charge in [0, 0.05) is 30.3 Å². The van der Waals surface area contributed by atoms with Gasteiger partial charge < -0.3 is 15.3 Å². The van der Waals surface area contributed by atoms with Crippen molar-refractivity contribution < 1.29 is 9.90 Å². The maximum Gasteiger partial charge on any atom is 0.321 e. The van der Waals surface area contributed by atoms with Crippen molar-refractivity contribution in [2.75, 3.05) is 25.0 Å². The number of aryl methyl sites for hydroxylation is 1. The third-order valence-corrected chi connectivity index (χ3v) is 5.37. The van der Waals surface area contributed by atoms with E-state index in [1.54, 1.807) is 16.2 Å². The molecule has 1 aromatic heterocycles. The quantitative estimate of drug-likeness (QED) is 0.895. The molecular weight excluding hydrogens is 308 g/mol. The average molecular weight is 330 g/mol. The minimum Gasteiger partial charge on any atom is -0.396 e. The van der Waals surface area contributed by atoms with Crippen LogP contribution in [0.3, 0.4) is 0 Å². The number of carbonyl (C=O) groups excluding carboxylic acids is 1. The Morgan fingerprint density at radius 2 is 2.30 bits per heavy atom. The van der Waals surface area contributed by atoms with Crippen molar-refractivity contribution in [3.8, 4) is 10.4 Å². The van der Waals surface area contributed by atoms with Gasteiger partial charge in [0.25, 0.3) is 0 Å². The second-order valence-electron chi connectivity index (χ2n) is 6.08. The Morgan fingerprint density at radius 1 is 1.43 bits per heavy atom. The molecule has 2 aromatic rings. The Balaban J connectivity index is 1.70. The minimum absolute atomic E-state index is 0.0804. The van der Waals surface area contributed by atoms with Crippen molar-refractivity contribution in [2.45, 2.75) is 19.8 Å². The summed E-state index contributed by atoms with van der Waals surface area (Å²) in [6.07, 6.45) is 1.94. The van der Waals surface area contributed by atoms with Gasteiger partial charge in [-0.25, -0.2) is 4.79 Å². The molecule has 0 bridgehead atoms. The number of rotatable bonds is 3. The Hall–Kier alpha value is -1.85. The first kappa shape index (κ1) is 16.0. The molecule has 2 N–H and O–H groups in total. The van der Waals surface area contributed by atoms with Crippen LogP contribution in [0, 0.1) is 12.8 Å². The van der Waals surface area contributed by atoms with E-state index in [1.165, 1.54) is 10.4 Å². The van der Waals surface area contributed by atoms with Gasteiger partial charge in [-0.2, -0.15) is 0 Å². The first-order valence-corrected chi connectivity index (χ1v) is 8.86. The fourth-order valence-corrected chi connectivity index (χ4v) is 3.93. The van der Waals surface area contributed by atoms with Crippen molar-refractivity contribution in [1.82, 2.24) is 4.90 Å². The Labute approximate surface area is 140 Å². The smallest absolute Gasteiger partial charge is 0.321 e. The van der Waals surface area contributed by atoms with Gasteiger partial charge in [0.15, 0.2) is 0 Å². The molecule has 1 saturated heterocycles. The predicted octanol–water partition coefficient (Wildman–Crippen LogP) is 3.96. The number of hydrogen-bond donors (Lipinski definition) is 2. The van der Waals surface area contributed by atoms with Gasteiger partial charge in [0.05, 0.1) is 0 Å². The Bertz CT molecular complexity index is 683. The van der Waals surface area contributed by atoms with Crippen molar-refractivity contribution in [3.05, 3.63) is 41.3 Å². The average Bonchev–Trinajstić information content (AvgIpc) is 3.01. The molecule has 1 aliphatic rings. The Morgan fingerprint density at radius 3 is 3.04 bits per heavy atom. The van der Waals surface area contributed by atoms with Crippen molar-refractivity contribution >= 4 is 23.1 Å². The predicted molar refractivity (Wildman–Crippen MR) is 94.9 cm³/mol. The van der Waals surface area contributed by atoms with E-state index in [4.69, 9.17) is 0 Å². The van der Waals surface area contributed by atoms with Gasteiger partial charge in [-0.1, -0.05) is 12.1 Å². The lowest BCUT2D eigenvalue weighted by Crippen LogP contribution is -2.43. The van der Waals surface area contributed by atoms with Gasteiger partial charge in [-0.15, -0.1) is 11.3 Å². The number of piperidine rings is 1. The zero-order valence-corrected chi connectivity index (χ0v) is 14.1. The number of aliphatic hydroxyl groups excluding tert-OH is 1. The van der Waals surface area contributed by atoms with E-state index in [0.29, 0.717) is 6.54 Å². The molecule has 1 aromatic carbocycles. The number of amides is 2. The van der Waals surface area contributed by atoms with Crippen LogP contribution in [0.15, 0.2) is 35.7 Å². The fraction of sp³-hybridized carbons (Fsp3) is 0.389. The summed E-state index contributed by atoms with van der Waals surface area (Å²) < 4.78 is 0. The molecule has 3 rings (SSSR count). The molecule has 5 heteroatoms. The zero-order chi connectivity index (χ0) is 16.2. The van der Waals surface area contributed by atoms with E-state index in [1.807, 2.05) is 18.2 Å². The van der Waals surface area contributed by atoms with Crippen LogP contribution in [-0.2, 0) is 0 Å². The summed E-state index contributed by atoms with van der Waals surface area (Å²) in [5.74, 6) is 0.203. The van der Waals surface area contributed by atoms with Crippen molar-refractivity contribution in [1.29, 1.82) is 0 Å². The summed E-state index contributed by atoms with van der Waals surface area (Å²) >= 11 is 1.71. The molecule has 4 nitrogen and oxygen atoms in total. The van der Waals surface area contributed by atoms with Crippen LogP contribution in [0.2, 0.25) is 0 Å². The molecule has 2 heterocycles. The molecule has 0 saturated carbocycles. The number of urea groups is 1. The van der Waals surface area contributed by atoms with Crippen LogP contribution in [-0.4, -0.2) is 35.7 Å². The van der Waals surface area contributed by atoms with Crippen molar-refractivity contribution in [3.63, 3.8) is 0 Å². The number of thiophene rings is 1. The summed E-state index contributed by atoms with van der Waals surface area (Å²) in [4.78, 5) is 15.5.